The molecule has 4 heteroatoms. The molecule has 36 heavy (non-hydrogen) atoms. The first-order valence-electron chi connectivity index (χ1n) is 14.2. The van der Waals surface area contributed by atoms with E-state index in [0.29, 0.717) is 0 Å². The molecular formula is C32H51NO3. The second kappa shape index (κ2) is 18.9. The van der Waals surface area contributed by atoms with Crippen molar-refractivity contribution in [3.05, 3.63) is 65.2 Å². The third kappa shape index (κ3) is 14.3. The number of carboxylic acids is 1. The van der Waals surface area contributed by atoms with E-state index in [0.717, 1.165) is 0 Å². The number of hydrogen-bond donors (Lipinski definition) is 3. The van der Waals surface area contributed by atoms with E-state index in [4.69, 9.17) is 15.9 Å². The summed E-state index contributed by atoms with van der Waals surface area (Å²) in [5.74, 6) is -1.31. The van der Waals surface area contributed by atoms with Crippen LogP contribution < -0.4 is 5.73 Å². The number of hydrogen-bond acceptors (Lipinski definition) is 3. The normalized spacial score (nSPS) is 11.1. The maximum Gasteiger partial charge on any atom is 0.339 e. The molecule has 2 rings (SSSR count). The zero-order valence-electron chi connectivity index (χ0n) is 23.1. The van der Waals surface area contributed by atoms with Crippen LogP contribution in [0, 0.1) is 0 Å². The zero-order valence-corrected chi connectivity index (χ0v) is 23.1. The van der Waals surface area contributed by atoms with Gasteiger partial charge in [0.2, 0.25) is 0 Å². The van der Waals surface area contributed by atoms with Gasteiger partial charge >= 0.3 is 5.97 Å². The summed E-state index contributed by atoms with van der Waals surface area (Å²) in [6, 6.07) is 14.5. The van der Waals surface area contributed by atoms with Crippen molar-refractivity contribution in [2.75, 3.05) is 0 Å². The van der Waals surface area contributed by atoms with Crippen LogP contribution in [0.4, 0.5) is 0 Å². The first-order chi connectivity index (χ1) is 17.3. The highest BCUT2D eigenvalue weighted by Crippen LogP contribution is 2.23. The van der Waals surface area contributed by atoms with Crippen molar-refractivity contribution in [1.82, 2.24) is 0 Å². The Kier molecular flexibility index (Phi) is 16.6. The Bertz CT molecular complexity index is 841. The summed E-state index contributed by atoms with van der Waals surface area (Å²) in [6.45, 7) is 6.51. The van der Waals surface area contributed by atoms with E-state index in [1.165, 1.54) is 120 Å². The lowest BCUT2D eigenvalue weighted by molar-refractivity contribution is 0.0693. The fourth-order valence-corrected chi connectivity index (χ4v) is 4.53. The molecule has 0 unspecified atom stereocenters. The topological polar surface area (TPSA) is 83.6 Å². The monoisotopic (exact) mass is 497 g/mol. The molecule has 2 aromatic rings. The van der Waals surface area contributed by atoms with Crippen molar-refractivity contribution in [3.63, 3.8) is 0 Å². The first kappa shape index (κ1) is 31.7. The number of unbranched alkanes of at least 4 members (excludes halogenated alkanes) is 13. The van der Waals surface area contributed by atoms with Gasteiger partial charge in [0.15, 0.2) is 0 Å². The van der Waals surface area contributed by atoms with Gasteiger partial charge in [-0.05, 0) is 49.9 Å². The number of aryl methyl sites for hydroxylation is 1. The van der Waals surface area contributed by atoms with Gasteiger partial charge in [0.05, 0.1) is 0 Å². The molecule has 0 aromatic heterocycles. The molecule has 4 nitrogen and oxygen atoms in total. The Morgan fingerprint density at radius 2 is 1.17 bits per heavy atom. The number of benzene rings is 2. The first-order valence-corrected chi connectivity index (χ1v) is 14.2. The highest BCUT2D eigenvalue weighted by atomic mass is 16.4. The van der Waals surface area contributed by atoms with E-state index in [-0.39, 0.29) is 16.9 Å². The summed E-state index contributed by atoms with van der Waals surface area (Å²) in [4.78, 5) is 10.3. The average molecular weight is 498 g/mol. The lowest BCUT2D eigenvalue weighted by atomic mass is 9.89. The standard InChI is InChI=1S/C25H45N.C7H6O3/c1-4-5-6-7-8-9-10-11-12-13-14-15-16-17-20-23-21-18-19-22-24(23)25(2,3)26;8-6-4-2-1-3-5(6)7(9)10/h18-19,21-22H,4-17,20,26H2,1-3H3;1-4,8H,(H,9,10). The van der Waals surface area contributed by atoms with Crippen LogP contribution in [0.2, 0.25) is 0 Å². The summed E-state index contributed by atoms with van der Waals surface area (Å²) >= 11 is 0. The van der Waals surface area contributed by atoms with E-state index >= 15 is 0 Å². The molecule has 0 bridgehead atoms. The van der Waals surface area contributed by atoms with Gasteiger partial charge in [0.25, 0.3) is 0 Å². The SMILES string of the molecule is CCCCCCCCCCCCCCCCc1ccccc1C(C)(C)N.O=C(O)c1ccccc1O. The Labute approximate surface area is 220 Å². The van der Waals surface area contributed by atoms with Crippen LogP contribution in [-0.4, -0.2) is 16.2 Å². The smallest absolute Gasteiger partial charge is 0.339 e. The van der Waals surface area contributed by atoms with Crippen molar-refractivity contribution in [2.45, 2.75) is 123 Å². The van der Waals surface area contributed by atoms with Crippen LogP contribution in [0.25, 0.3) is 0 Å². The lowest BCUT2D eigenvalue weighted by Gasteiger charge is -2.23. The Balaban J connectivity index is 0.000000537. The summed E-state index contributed by atoms with van der Waals surface area (Å²) in [6.07, 6.45) is 21.0. The van der Waals surface area contributed by atoms with Crippen LogP contribution in [0.5, 0.6) is 5.75 Å². The predicted octanol–water partition coefficient (Wildman–Crippen LogP) is 8.99. The van der Waals surface area contributed by atoms with Crippen molar-refractivity contribution in [1.29, 1.82) is 0 Å². The minimum absolute atomic E-state index is 0.0671. The second-order valence-electron chi connectivity index (χ2n) is 10.5. The van der Waals surface area contributed by atoms with Gasteiger partial charge in [-0.25, -0.2) is 4.79 Å². The van der Waals surface area contributed by atoms with E-state index in [1.807, 2.05) is 0 Å². The number of rotatable bonds is 17. The highest BCUT2D eigenvalue weighted by molar-refractivity contribution is 5.90. The molecule has 0 aliphatic rings. The van der Waals surface area contributed by atoms with Crippen LogP contribution in [-0.2, 0) is 12.0 Å². The van der Waals surface area contributed by atoms with E-state index in [1.54, 1.807) is 12.1 Å². The summed E-state index contributed by atoms with van der Waals surface area (Å²) in [5.41, 5.74) is 8.77. The molecule has 0 fully saturated rings. The molecule has 4 N–H and O–H groups in total. The van der Waals surface area contributed by atoms with Gasteiger partial charge in [-0.2, -0.15) is 0 Å². The number of aromatic hydroxyl groups is 1. The van der Waals surface area contributed by atoms with Crippen LogP contribution in [0.15, 0.2) is 48.5 Å². The number of carbonyl (C=O) groups is 1. The van der Waals surface area contributed by atoms with Gasteiger partial charge < -0.3 is 15.9 Å². The van der Waals surface area contributed by atoms with E-state index in [2.05, 4.69) is 45.0 Å². The molecule has 0 heterocycles. The molecule has 0 aliphatic heterocycles. The van der Waals surface area contributed by atoms with Gasteiger partial charge in [-0.15, -0.1) is 0 Å². The predicted molar refractivity (Wildman–Crippen MR) is 153 cm³/mol. The fraction of sp³-hybridized carbons (Fsp3) is 0.594. The van der Waals surface area contributed by atoms with Crippen LogP contribution >= 0.6 is 0 Å². The lowest BCUT2D eigenvalue weighted by Crippen LogP contribution is -2.30. The van der Waals surface area contributed by atoms with E-state index < -0.39 is 5.97 Å². The van der Waals surface area contributed by atoms with Gasteiger partial charge in [0, 0.05) is 5.54 Å². The molecule has 202 valence electrons. The molecular weight excluding hydrogens is 446 g/mol. The number of para-hydroxylation sites is 1. The summed E-state index contributed by atoms with van der Waals surface area (Å²) in [5, 5.41) is 17.3. The number of nitrogens with two attached hydrogens (primary N) is 1. The van der Waals surface area contributed by atoms with Crippen molar-refractivity contribution in [3.8, 4) is 5.75 Å². The van der Waals surface area contributed by atoms with Crippen molar-refractivity contribution < 1.29 is 15.0 Å². The minimum Gasteiger partial charge on any atom is -0.507 e. The van der Waals surface area contributed by atoms with Crippen molar-refractivity contribution >= 4 is 5.97 Å². The van der Waals surface area contributed by atoms with Gasteiger partial charge in [-0.1, -0.05) is 127 Å². The number of phenols is 1. The molecule has 2 aromatic carbocycles. The highest BCUT2D eigenvalue weighted by Gasteiger charge is 2.17. The third-order valence-corrected chi connectivity index (χ3v) is 6.65. The maximum absolute atomic E-state index is 10.3. The molecule has 0 amide bonds. The molecule has 0 aliphatic carbocycles. The molecule has 0 saturated carbocycles. The maximum atomic E-state index is 10.3. The van der Waals surface area contributed by atoms with E-state index in [9.17, 15) is 4.79 Å². The minimum atomic E-state index is -1.11. The summed E-state index contributed by atoms with van der Waals surface area (Å²) < 4.78 is 0. The molecule has 0 radical (unpaired) electrons. The molecule has 0 atom stereocenters. The van der Waals surface area contributed by atoms with Crippen LogP contribution in [0.1, 0.15) is 132 Å². The summed E-state index contributed by atoms with van der Waals surface area (Å²) in [7, 11) is 0. The molecule has 0 saturated heterocycles. The average Bonchev–Trinajstić information content (AvgIpc) is 2.84. The van der Waals surface area contributed by atoms with Gasteiger partial charge in [-0.3, -0.25) is 0 Å². The third-order valence-electron chi connectivity index (χ3n) is 6.65. The quantitative estimate of drug-likeness (QED) is 0.190. The Hall–Kier alpha value is -2.33. The van der Waals surface area contributed by atoms with Gasteiger partial charge in [0.1, 0.15) is 11.3 Å². The number of carboxylic acid groups (broad SMARTS) is 1. The zero-order chi connectivity index (χ0) is 26.7. The Morgan fingerprint density at radius 3 is 1.61 bits per heavy atom. The fourth-order valence-electron chi connectivity index (χ4n) is 4.53. The second-order valence-corrected chi connectivity index (χ2v) is 10.5. The van der Waals surface area contributed by atoms with Crippen LogP contribution in [0.3, 0.4) is 0 Å². The Morgan fingerprint density at radius 1 is 0.722 bits per heavy atom. The number of aromatic carboxylic acids is 1. The largest absolute Gasteiger partial charge is 0.507 e. The van der Waals surface area contributed by atoms with Crippen molar-refractivity contribution in [2.24, 2.45) is 5.73 Å². The molecule has 0 spiro atoms.